The van der Waals surface area contributed by atoms with Crippen LogP contribution in [-0.2, 0) is 4.74 Å². The van der Waals surface area contributed by atoms with E-state index in [0.717, 1.165) is 26.1 Å². The number of nitrogens with one attached hydrogen (secondary N) is 1. The van der Waals surface area contributed by atoms with E-state index in [-0.39, 0.29) is 12.1 Å². The Bertz CT molecular complexity index is 301. The van der Waals surface area contributed by atoms with Crippen LogP contribution in [0.3, 0.4) is 0 Å². The van der Waals surface area contributed by atoms with Gasteiger partial charge in [-0.05, 0) is 6.42 Å². The zero-order valence-corrected chi connectivity index (χ0v) is 9.89. The van der Waals surface area contributed by atoms with E-state index in [1.807, 2.05) is 4.90 Å². The van der Waals surface area contributed by atoms with E-state index in [0.29, 0.717) is 26.2 Å². The molecule has 2 saturated heterocycles. The van der Waals surface area contributed by atoms with Crippen molar-refractivity contribution in [3.63, 3.8) is 0 Å². The van der Waals surface area contributed by atoms with Crippen molar-refractivity contribution in [2.24, 2.45) is 0 Å². The Labute approximate surface area is 101 Å². The van der Waals surface area contributed by atoms with Crippen LogP contribution in [0.15, 0.2) is 0 Å². The molecule has 0 radical (unpaired) electrons. The van der Waals surface area contributed by atoms with Gasteiger partial charge in [0.1, 0.15) is 0 Å². The topological polar surface area (TPSA) is 68.6 Å². The van der Waals surface area contributed by atoms with Gasteiger partial charge in [0.05, 0.1) is 25.3 Å². The van der Waals surface area contributed by atoms with Crippen molar-refractivity contribution in [3.05, 3.63) is 0 Å². The van der Waals surface area contributed by atoms with Crippen LogP contribution in [0.25, 0.3) is 0 Å². The fraction of sp³-hybridized carbons (Fsp3) is 0.818. The van der Waals surface area contributed by atoms with Crippen molar-refractivity contribution in [2.45, 2.75) is 12.5 Å². The highest BCUT2D eigenvalue weighted by Gasteiger charge is 2.24. The van der Waals surface area contributed by atoms with Crippen LogP contribution in [0.5, 0.6) is 0 Å². The number of nitrogens with zero attached hydrogens (tertiary/aromatic N) is 3. The van der Waals surface area contributed by atoms with Gasteiger partial charge in [0.25, 0.3) is 0 Å². The van der Waals surface area contributed by atoms with Crippen LogP contribution >= 0.6 is 0 Å². The molecule has 1 atom stereocenters. The number of hydrogen-bond donors (Lipinski definition) is 1. The molecule has 0 aromatic heterocycles. The molecule has 94 valence electrons. The predicted octanol–water partition coefficient (Wildman–Crippen LogP) is -0.374. The van der Waals surface area contributed by atoms with Crippen LogP contribution in [0.2, 0.25) is 0 Å². The van der Waals surface area contributed by atoms with Gasteiger partial charge < -0.3 is 15.0 Å². The number of amides is 2. The van der Waals surface area contributed by atoms with E-state index < -0.39 is 0 Å². The van der Waals surface area contributed by atoms with Gasteiger partial charge in [-0.1, -0.05) is 0 Å². The molecular formula is C11H18N4O2. The molecule has 0 aromatic rings. The lowest BCUT2D eigenvalue weighted by atomic mass is 10.2. The Hall–Kier alpha value is -1.32. The van der Waals surface area contributed by atoms with Crippen LogP contribution in [0, 0.1) is 11.3 Å². The summed E-state index contributed by atoms with van der Waals surface area (Å²) in [6.45, 7) is 4.76. The number of hydrogen-bond acceptors (Lipinski definition) is 4. The maximum absolute atomic E-state index is 11.9. The summed E-state index contributed by atoms with van der Waals surface area (Å²) >= 11 is 0. The van der Waals surface area contributed by atoms with Crippen LogP contribution in [0.1, 0.15) is 6.42 Å². The molecule has 1 N–H and O–H groups in total. The third-order valence-electron chi connectivity index (χ3n) is 3.21. The quantitative estimate of drug-likeness (QED) is 0.666. The van der Waals surface area contributed by atoms with E-state index >= 15 is 0 Å². The Morgan fingerprint density at radius 1 is 1.41 bits per heavy atom. The fourth-order valence-electron chi connectivity index (χ4n) is 2.12. The first-order valence-electron chi connectivity index (χ1n) is 6.02. The third kappa shape index (κ3) is 3.32. The molecule has 2 rings (SSSR count). The van der Waals surface area contributed by atoms with Gasteiger partial charge in [-0.2, -0.15) is 5.26 Å². The van der Waals surface area contributed by atoms with Gasteiger partial charge in [-0.15, -0.1) is 0 Å². The molecule has 17 heavy (non-hydrogen) atoms. The summed E-state index contributed by atoms with van der Waals surface area (Å²) in [7, 11) is 0. The molecule has 2 fully saturated rings. The first kappa shape index (κ1) is 12.1. The zero-order valence-electron chi connectivity index (χ0n) is 9.89. The average molecular weight is 238 g/mol. The summed E-state index contributed by atoms with van der Waals surface area (Å²) in [6.07, 6.45) is 0.903. The fourth-order valence-corrected chi connectivity index (χ4v) is 2.12. The SMILES string of the molecule is N#CCN1CCN(C(=O)NC2CCOC2)CC1. The molecule has 0 saturated carbocycles. The number of carbonyl (C=O) groups excluding carboxylic acids is 1. The Balaban J connectivity index is 1.72. The minimum Gasteiger partial charge on any atom is -0.379 e. The van der Waals surface area contributed by atoms with Crippen molar-refractivity contribution in [3.8, 4) is 6.07 Å². The van der Waals surface area contributed by atoms with Gasteiger partial charge in [0.2, 0.25) is 0 Å². The smallest absolute Gasteiger partial charge is 0.317 e. The number of nitriles is 1. The summed E-state index contributed by atoms with van der Waals surface area (Å²) in [5.41, 5.74) is 0. The van der Waals surface area contributed by atoms with Gasteiger partial charge in [-0.3, -0.25) is 4.90 Å². The Kier molecular flexibility index (Phi) is 4.18. The van der Waals surface area contributed by atoms with Crippen molar-refractivity contribution < 1.29 is 9.53 Å². The number of carbonyl (C=O) groups is 1. The maximum atomic E-state index is 11.9. The van der Waals surface area contributed by atoms with E-state index in [9.17, 15) is 4.79 Å². The van der Waals surface area contributed by atoms with Crippen molar-refractivity contribution in [2.75, 3.05) is 45.9 Å². The van der Waals surface area contributed by atoms with Gasteiger partial charge >= 0.3 is 6.03 Å². The summed E-state index contributed by atoms with van der Waals surface area (Å²) in [5.74, 6) is 0. The second kappa shape index (κ2) is 5.84. The highest BCUT2D eigenvalue weighted by Crippen LogP contribution is 2.06. The van der Waals surface area contributed by atoms with Crippen LogP contribution in [0.4, 0.5) is 4.79 Å². The summed E-state index contributed by atoms with van der Waals surface area (Å²) in [6, 6.07) is 2.29. The molecule has 0 bridgehead atoms. The molecule has 0 aromatic carbocycles. The number of piperazine rings is 1. The number of urea groups is 1. The largest absolute Gasteiger partial charge is 0.379 e. The van der Waals surface area contributed by atoms with Gasteiger partial charge in [0, 0.05) is 32.8 Å². The normalized spacial score (nSPS) is 25.6. The monoisotopic (exact) mass is 238 g/mol. The summed E-state index contributed by atoms with van der Waals surface area (Å²) in [5, 5.41) is 11.6. The molecule has 0 aliphatic carbocycles. The van der Waals surface area contributed by atoms with E-state index in [1.165, 1.54) is 0 Å². The highest BCUT2D eigenvalue weighted by molar-refractivity contribution is 5.74. The standard InChI is InChI=1S/C11H18N4O2/c12-2-3-14-4-6-15(7-5-14)11(16)13-10-1-8-17-9-10/h10H,1,3-9H2,(H,13,16). The minimum absolute atomic E-state index is 0.00268. The molecule has 1 unspecified atom stereocenters. The van der Waals surface area contributed by atoms with Gasteiger partial charge in [0.15, 0.2) is 0 Å². The molecule has 2 aliphatic heterocycles. The number of ether oxygens (including phenoxy) is 1. The molecule has 2 heterocycles. The first-order chi connectivity index (χ1) is 8.29. The maximum Gasteiger partial charge on any atom is 0.317 e. The highest BCUT2D eigenvalue weighted by atomic mass is 16.5. The van der Waals surface area contributed by atoms with Crippen molar-refractivity contribution in [1.29, 1.82) is 5.26 Å². The Morgan fingerprint density at radius 3 is 2.76 bits per heavy atom. The summed E-state index contributed by atoms with van der Waals surface area (Å²) in [4.78, 5) is 15.8. The third-order valence-corrected chi connectivity index (χ3v) is 3.21. The van der Waals surface area contributed by atoms with Crippen molar-refractivity contribution >= 4 is 6.03 Å². The second-order valence-corrected chi connectivity index (χ2v) is 4.43. The lowest BCUT2D eigenvalue weighted by molar-refractivity contribution is 0.142. The zero-order chi connectivity index (χ0) is 12.1. The molecular weight excluding hydrogens is 220 g/mol. The lowest BCUT2D eigenvalue weighted by Crippen LogP contribution is -2.53. The first-order valence-corrected chi connectivity index (χ1v) is 6.02. The Morgan fingerprint density at radius 2 is 2.18 bits per heavy atom. The predicted molar refractivity (Wildman–Crippen MR) is 61.4 cm³/mol. The number of rotatable bonds is 2. The van der Waals surface area contributed by atoms with E-state index in [4.69, 9.17) is 10.00 Å². The molecule has 0 spiro atoms. The average Bonchev–Trinajstić information content (AvgIpc) is 2.83. The van der Waals surface area contributed by atoms with Crippen LogP contribution < -0.4 is 5.32 Å². The lowest BCUT2D eigenvalue weighted by Gasteiger charge is -2.33. The molecule has 2 aliphatic rings. The second-order valence-electron chi connectivity index (χ2n) is 4.43. The minimum atomic E-state index is -0.00268. The van der Waals surface area contributed by atoms with Crippen LogP contribution in [-0.4, -0.2) is 67.8 Å². The molecule has 2 amide bonds. The van der Waals surface area contributed by atoms with E-state index in [1.54, 1.807) is 0 Å². The molecule has 6 nitrogen and oxygen atoms in total. The molecule has 6 heteroatoms. The van der Waals surface area contributed by atoms with Crippen molar-refractivity contribution in [1.82, 2.24) is 15.1 Å². The summed E-state index contributed by atoms with van der Waals surface area (Å²) < 4.78 is 5.22. The van der Waals surface area contributed by atoms with E-state index in [2.05, 4.69) is 16.3 Å². The van der Waals surface area contributed by atoms with Gasteiger partial charge in [-0.25, -0.2) is 4.79 Å².